The van der Waals surface area contributed by atoms with Gasteiger partial charge in [0.1, 0.15) is 11.6 Å². The molecule has 2 unspecified atom stereocenters. The summed E-state index contributed by atoms with van der Waals surface area (Å²) in [6, 6.07) is 16.8. The lowest BCUT2D eigenvalue weighted by atomic mass is 9.83. The maximum Gasteiger partial charge on any atom is 0.393 e. The van der Waals surface area contributed by atoms with Crippen LogP contribution in [0.25, 0.3) is 16.6 Å². The molecule has 2 atom stereocenters. The number of anilines is 1. The van der Waals surface area contributed by atoms with Gasteiger partial charge in [0.15, 0.2) is 0 Å². The number of alkyl halides is 3. The predicted octanol–water partition coefficient (Wildman–Crippen LogP) is 9.52. The highest BCUT2D eigenvalue weighted by atomic mass is 28.4. The zero-order valence-electron chi connectivity index (χ0n) is 27.0. The molecule has 0 spiro atoms. The number of halogens is 3. The predicted molar refractivity (Wildman–Crippen MR) is 180 cm³/mol. The van der Waals surface area contributed by atoms with Gasteiger partial charge in [-0.2, -0.15) is 18.3 Å². The fourth-order valence-corrected chi connectivity index (χ4v) is 6.75. The number of benzene rings is 2. The zero-order valence-corrected chi connectivity index (χ0v) is 28.0. The summed E-state index contributed by atoms with van der Waals surface area (Å²) in [4.78, 5) is 4.82. The Morgan fingerprint density at radius 1 is 1.04 bits per heavy atom. The number of rotatable bonds is 8. The lowest BCUT2D eigenvalue weighted by Gasteiger charge is -2.36. The van der Waals surface area contributed by atoms with E-state index < -0.39 is 26.5 Å². The maximum absolute atomic E-state index is 14.2. The number of fused-ring (bicyclic) bond motifs is 1. The van der Waals surface area contributed by atoms with Crippen LogP contribution < -0.4 is 15.5 Å². The Labute approximate surface area is 265 Å². The molecule has 6 nitrogen and oxygen atoms in total. The molecular formula is C35H44F3N5OSi. The molecule has 1 fully saturated rings. The SMILES string of the molecule is CCc1cc(O[Si](C)(C)C(C)(C)C)ccc1N=C(N)c1cnn2cc(-c3ccccc3)cc2c1NC1CCCCC1C(F)(F)F. The Hall–Kier alpha value is -3.79. The second-order valence-corrected chi connectivity index (χ2v) is 18.3. The molecule has 240 valence electrons. The highest BCUT2D eigenvalue weighted by molar-refractivity contribution is 6.74. The van der Waals surface area contributed by atoms with Crippen molar-refractivity contribution in [1.29, 1.82) is 0 Å². The van der Waals surface area contributed by atoms with E-state index in [1.807, 2.05) is 67.7 Å². The van der Waals surface area contributed by atoms with E-state index in [-0.39, 0.29) is 17.3 Å². The Bertz CT molecular complexity index is 1670. The molecule has 2 aromatic carbocycles. The molecule has 5 rings (SSSR count). The van der Waals surface area contributed by atoms with Crippen LogP contribution in [0.2, 0.25) is 18.1 Å². The van der Waals surface area contributed by atoms with Crippen molar-refractivity contribution in [3.05, 3.63) is 78.1 Å². The van der Waals surface area contributed by atoms with Crippen molar-refractivity contribution in [1.82, 2.24) is 9.61 Å². The average molecular weight is 636 g/mol. The van der Waals surface area contributed by atoms with E-state index in [0.717, 1.165) is 28.9 Å². The lowest BCUT2D eigenvalue weighted by molar-refractivity contribution is -0.184. The van der Waals surface area contributed by atoms with Crippen LogP contribution in [0.4, 0.5) is 24.5 Å². The molecule has 4 aromatic rings. The van der Waals surface area contributed by atoms with Gasteiger partial charge in [0.05, 0.1) is 34.6 Å². The number of hydrogen-bond donors (Lipinski definition) is 2. The number of nitrogens with zero attached hydrogens (tertiary/aromatic N) is 3. The minimum atomic E-state index is -4.30. The first-order valence-electron chi connectivity index (χ1n) is 15.7. The third-order valence-corrected chi connectivity index (χ3v) is 13.7. The van der Waals surface area contributed by atoms with Crippen LogP contribution >= 0.6 is 0 Å². The number of amidine groups is 1. The summed E-state index contributed by atoms with van der Waals surface area (Å²) < 4.78 is 50.7. The number of aliphatic imine (C=N–C) groups is 1. The number of aromatic nitrogens is 2. The van der Waals surface area contributed by atoms with E-state index in [1.54, 1.807) is 10.7 Å². The van der Waals surface area contributed by atoms with Crippen LogP contribution in [-0.2, 0) is 6.42 Å². The molecular weight excluding hydrogens is 591 g/mol. The molecule has 1 saturated carbocycles. The van der Waals surface area contributed by atoms with Gasteiger partial charge in [-0.15, -0.1) is 0 Å². The van der Waals surface area contributed by atoms with Crippen molar-refractivity contribution >= 4 is 31.0 Å². The third kappa shape index (κ3) is 7.06. The number of aryl methyl sites for hydroxylation is 1. The zero-order chi connectivity index (χ0) is 32.6. The van der Waals surface area contributed by atoms with E-state index >= 15 is 0 Å². The highest BCUT2D eigenvalue weighted by Crippen LogP contribution is 2.41. The lowest BCUT2D eigenvalue weighted by Crippen LogP contribution is -2.43. The van der Waals surface area contributed by atoms with Crippen molar-refractivity contribution < 1.29 is 17.6 Å². The Kier molecular flexibility index (Phi) is 9.08. The normalized spacial score (nSPS) is 18.3. The van der Waals surface area contributed by atoms with Crippen molar-refractivity contribution in [2.45, 2.75) is 90.1 Å². The topological polar surface area (TPSA) is 76.9 Å². The molecule has 0 aliphatic heterocycles. The molecule has 3 N–H and O–H groups in total. The maximum atomic E-state index is 14.2. The molecule has 10 heteroatoms. The van der Waals surface area contributed by atoms with Gasteiger partial charge in [-0.25, -0.2) is 9.51 Å². The fourth-order valence-electron chi connectivity index (χ4n) is 5.73. The van der Waals surface area contributed by atoms with E-state index in [4.69, 9.17) is 15.2 Å². The van der Waals surface area contributed by atoms with Crippen molar-refractivity contribution in [2.75, 3.05) is 5.32 Å². The summed E-state index contributed by atoms with van der Waals surface area (Å²) in [6.45, 7) is 13.1. The van der Waals surface area contributed by atoms with E-state index in [2.05, 4.69) is 44.3 Å². The Morgan fingerprint density at radius 2 is 1.76 bits per heavy atom. The number of hydrogen-bond acceptors (Lipinski definition) is 4. The second-order valence-electron chi connectivity index (χ2n) is 13.5. The first-order chi connectivity index (χ1) is 21.2. The minimum Gasteiger partial charge on any atom is -0.543 e. The minimum absolute atomic E-state index is 0.0539. The first-order valence-corrected chi connectivity index (χ1v) is 18.7. The molecule has 45 heavy (non-hydrogen) atoms. The van der Waals surface area contributed by atoms with Gasteiger partial charge >= 0.3 is 6.18 Å². The average Bonchev–Trinajstić information content (AvgIpc) is 3.42. The molecule has 2 heterocycles. The standard InChI is InChI=1S/C35H44F3N5OSi/c1-7-23-19-26(44-45(5,6)34(2,3)4)17-18-29(23)42-33(39)27-21-40-43-22-25(24-13-9-8-10-14-24)20-31(43)32(27)41-30-16-12-11-15-28(30)35(36,37)38/h8-10,13-14,17-22,28,30,41H,7,11-12,15-16H2,1-6H3,(H2,39,42). The van der Waals surface area contributed by atoms with Crippen molar-refractivity contribution in [3.8, 4) is 16.9 Å². The monoisotopic (exact) mass is 635 g/mol. The van der Waals surface area contributed by atoms with Gasteiger partial charge in [0, 0.05) is 17.8 Å². The summed E-state index contributed by atoms with van der Waals surface area (Å²) in [7, 11) is -2.04. The number of nitrogens with one attached hydrogen (secondary N) is 1. The summed E-state index contributed by atoms with van der Waals surface area (Å²) >= 11 is 0. The summed E-state index contributed by atoms with van der Waals surface area (Å²) in [6.07, 6.45) is 1.67. The van der Waals surface area contributed by atoms with Gasteiger partial charge in [-0.05, 0) is 72.8 Å². The van der Waals surface area contributed by atoms with Gasteiger partial charge < -0.3 is 15.5 Å². The van der Waals surface area contributed by atoms with Gasteiger partial charge in [-0.1, -0.05) is 70.9 Å². The largest absolute Gasteiger partial charge is 0.543 e. The van der Waals surface area contributed by atoms with E-state index in [1.165, 1.54) is 0 Å². The molecule has 2 aromatic heterocycles. The first kappa shape index (κ1) is 32.6. The molecule has 0 bridgehead atoms. The van der Waals surface area contributed by atoms with Crippen LogP contribution in [0.15, 0.2) is 72.0 Å². The van der Waals surface area contributed by atoms with Crippen LogP contribution in [0.5, 0.6) is 5.75 Å². The van der Waals surface area contributed by atoms with E-state index in [0.29, 0.717) is 41.7 Å². The quantitative estimate of drug-likeness (QED) is 0.115. The van der Waals surface area contributed by atoms with Crippen molar-refractivity contribution in [3.63, 3.8) is 0 Å². The van der Waals surface area contributed by atoms with Gasteiger partial charge in [0.2, 0.25) is 8.32 Å². The smallest absolute Gasteiger partial charge is 0.393 e. The van der Waals surface area contributed by atoms with E-state index in [9.17, 15) is 13.2 Å². The fraction of sp³-hybridized carbons (Fsp3) is 0.429. The Morgan fingerprint density at radius 3 is 2.42 bits per heavy atom. The third-order valence-electron chi connectivity index (χ3n) is 9.39. The summed E-state index contributed by atoms with van der Waals surface area (Å²) in [5.74, 6) is -0.463. The van der Waals surface area contributed by atoms with Crippen LogP contribution in [0, 0.1) is 5.92 Å². The molecule has 0 amide bonds. The second kappa shape index (κ2) is 12.5. The van der Waals surface area contributed by atoms with Gasteiger partial charge in [0.25, 0.3) is 0 Å². The Balaban J connectivity index is 1.58. The highest BCUT2D eigenvalue weighted by Gasteiger charge is 2.46. The molecule has 1 aliphatic carbocycles. The molecule has 1 aliphatic rings. The summed E-state index contributed by atoms with van der Waals surface area (Å²) in [5.41, 5.74) is 11.9. The van der Waals surface area contributed by atoms with Crippen LogP contribution in [0.3, 0.4) is 0 Å². The molecule has 0 radical (unpaired) electrons. The van der Waals surface area contributed by atoms with Crippen LogP contribution in [-0.4, -0.2) is 36.0 Å². The summed E-state index contributed by atoms with van der Waals surface area (Å²) in [5, 5.41) is 7.96. The molecule has 0 saturated heterocycles. The van der Waals surface area contributed by atoms with Crippen LogP contribution in [0.1, 0.15) is 64.5 Å². The van der Waals surface area contributed by atoms with Gasteiger partial charge in [-0.3, -0.25) is 0 Å². The number of nitrogens with two attached hydrogens (primary N) is 1. The van der Waals surface area contributed by atoms with Crippen molar-refractivity contribution in [2.24, 2.45) is 16.6 Å².